The van der Waals surface area contributed by atoms with Crippen molar-refractivity contribution in [3.63, 3.8) is 0 Å². The highest BCUT2D eigenvalue weighted by Crippen LogP contribution is 2.25. The van der Waals surface area contributed by atoms with Gasteiger partial charge in [-0.05, 0) is 39.4 Å². The fourth-order valence-electron chi connectivity index (χ4n) is 1.86. The number of carbonyl (C=O) groups is 1. The van der Waals surface area contributed by atoms with Gasteiger partial charge in [0.2, 0.25) is 5.78 Å². The van der Waals surface area contributed by atoms with Crippen LogP contribution in [0.25, 0.3) is 0 Å². The Morgan fingerprint density at radius 3 is 3.05 bits per heavy atom. The van der Waals surface area contributed by atoms with E-state index in [1.807, 2.05) is 11.4 Å². The van der Waals surface area contributed by atoms with Crippen LogP contribution in [0.4, 0.5) is 0 Å². The van der Waals surface area contributed by atoms with Crippen molar-refractivity contribution in [2.75, 3.05) is 13.7 Å². The summed E-state index contributed by atoms with van der Waals surface area (Å²) in [6, 6.07) is 2.00. The molecule has 0 spiro atoms. The second-order valence-electron chi connectivity index (χ2n) is 4.01. The minimum Gasteiger partial charge on any atom is -0.383 e. The fourth-order valence-corrected chi connectivity index (χ4v) is 3.27. The second kappa shape index (κ2) is 6.45. The molecule has 0 aliphatic heterocycles. The van der Waals surface area contributed by atoms with Crippen LogP contribution in [-0.4, -0.2) is 29.3 Å². The van der Waals surface area contributed by atoms with E-state index >= 15 is 0 Å². The zero-order chi connectivity index (χ0) is 13.8. The standard InChI is InChI=1S/C13H15BrN2O2S/c1-3-9-4-7-19-13(9)12(17)11-10(14)8-15-16(11)5-6-18-2/h4,7-8H,3,5-6H2,1-2H3. The molecule has 0 unspecified atom stereocenters. The van der Waals surface area contributed by atoms with Crippen LogP contribution in [-0.2, 0) is 17.7 Å². The van der Waals surface area contributed by atoms with Crippen molar-refractivity contribution >= 4 is 33.0 Å². The number of carbonyl (C=O) groups excluding carboxylic acids is 1. The van der Waals surface area contributed by atoms with Gasteiger partial charge in [0.15, 0.2) is 0 Å². The lowest BCUT2D eigenvalue weighted by molar-refractivity contribution is 0.102. The predicted octanol–water partition coefficient (Wildman–Crippen LogP) is 3.15. The lowest BCUT2D eigenvalue weighted by Gasteiger charge is -2.07. The Morgan fingerprint density at radius 2 is 2.37 bits per heavy atom. The van der Waals surface area contributed by atoms with Crippen LogP contribution in [0.5, 0.6) is 0 Å². The summed E-state index contributed by atoms with van der Waals surface area (Å²) in [5, 5.41) is 6.17. The maximum Gasteiger partial charge on any atom is 0.222 e. The minimum atomic E-state index is 0.0207. The van der Waals surface area contributed by atoms with Gasteiger partial charge in [-0.25, -0.2) is 0 Å². The van der Waals surface area contributed by atoms with Gasteiger partial charge in [-0.3, -0.25) is 9.48 Å². The van der Waals surface area contributed by atoms with Crippen molar-refractivity contribution in [1.29, 1.82) is 0 Å². The van der Waals surface area contributed by atoms with Crippen molar-refractivity contribution in [3.8, 4) is 0 Å². The van der Waals surface area contributed by atoms with Crippen LogP contribution in [0, 0.1) is 0 Å². The molecule has 102 valence electrons. The summed E-state index contributed by atoms with van der Waals surface area (Å²) in [6.07, 6.45) is 2.51. The van der Waals surface area contributed by atoms with Gasteiger partial charge in [-0.15, -0.1) is 11.3 Å². The molecule has 2 heterocycles. The third-order valence-electron chi connectivity index (χ3n) is 2.85. The smallest absolute Gasteiger partial charge is 0.222 e. The molecule has 0 fully saturated rings. The van der Waals surface area contributed by atoms with Crippen molar-refractivity contribution < 1.29 is 9.53 Å². The Kier molecular flexibility index (Phi) is 4.90. The SMILES string of the molecule is CCc1ccsc1C(=O)c1c(Br)cnn1CCOC. The van der Waals surface area contributed by atoms with Gasteiger partial charge >= 0.3 is 0 Å². The van der Waals surface area contributed by atoms with E-state index in [1.165, 1.54) is 11.3 Å². The van der Waals surface area contributed by atoms with E-state index in [1.54, 1.807) is 18.0 Å². The molecule has 0 N–H and O–H groups in total. The van der Waals surface area contributed by atoms with E-state index in [2.05, 4.69) is 28.0 Å². The number of thiophene rings is 1. The van der Waals surface area contributed by atoms with Gasteiger partial charge in [0, 0.05) is 7.11 Å². The lowest BCUT2D eigenvalue weighted by atomic mass is 10.1. The molecule has 0 bridgehead atoms. The molecule has 19 heavy (non-hydrogen) atoms. The topological polar surface area (TPSA) is 44.1 Å². The molecule has 0 radical (unpaired) electrons. The van der Waals surface area contributed by atoms with Crippen LogP contribution in [0.1, 0.15) is 27.9 Å². The molecule has 6 heteroatoms. The minimum absolute atomic E-state index is 0.0207. The normalized spacial score (nSPS) is 10.9. The molecule has 0 amide bonds. The maximum absolute atomic E-state index is 12.6. The predicted molar refractivity (Wildman–Crippen MR) is 78.9 cm³/mol. The molecule has 0 saturated heterocycles. The molecule has 2 aromatic rings. The molecule has 0 atom stereocenters. The Labute approximate surface area is 124 Å². The highest BCUT2D eigenvalue weighted by Gasteiger charge is 2.21. The van der Waals surface area contributed by atoms with Crippen LogP contribution in [0.15, 0.2) is 22.1 Å². The van der Waals surface area contributed by atoms with E-state index in [4.69, 9.17) is 4.74 Å². The fraction of sp³-hybridized carbons (Fsp3) is 0.385. The number of hydrogen-bond donors (Lipinski definition) is 0. The summed E-state index contributed by atoms with van der Waals surface area (Å²) in [6.45, 7) is 3.14. The van der Waals surface area contributed by atoms with Gasteiger partial charge in [-0.1, -0.05) is 6.92 Å². The van der Waals surface area contributed by atoms with Crippen LogP contribution in [0.3, 0.4) is 0 Å². The molecular weight excluding hydrogens is 328 g/mol. The third kappa shape index (κ3) is 2.96. The number of rotatable bonds is 6. The van der Waals surface area contributed by atoms with Crippen molar-refractivity contribution in [2.24, 2.45) is 0 Å². The zero-order valence-corrected chi connectivity index (χ0v) is 13.3. The molecule has 2 aromatic heterocycles. The monoisotopic (exact) mass is 342 g/mol. The molecule has 2 rings (SSSR count). The molecule has 0 aromatic carbocycles. The zero-order valence-electron chi connectivity index (χ0n) is 10.9. The number of nitrogens with zero attached hydrogens (tertiary/aromatic N) is 2. The van der Waals surface area contributed by atoms with E-state index in [0.717, 1.165) is 21.3 Å². The summed E-state index contributed by atoms with van der Waals surface area (Å²) in [4.78, 5) is 13.4. The number of aromatic nitrogens is 2. The largest absolute Gasteiger partial charge is 0.383 e. The first-order valence-corrected chi connectivity index (χ1v) is 7.67. The Balaban J connectivity index is 2.35. The van der Waals surface area contributed by atoms with Gasteiger partial charge < -0.3 is 4.74 Å². The third-order valence-corrected chi connectivity index (χ3v) is 4.39. The molecule has 0 aliphatic rings. The van der Waals surface area contributed by atoms with E-state index < -0.39 is 0 Å². The molecule has 0 saturated carbocycles. The number of aryl methyl sites for hydroxylation is 1. The number of ether oxygens (including phenoxy) is 1. The lowest BCUT2D eigenvalue weighted by Crippen LogP contribution is -2.14. The van der Waals surface area contributed by atoms with Gasteiger partial charge in [-0.2, -0.15) is 5.10 Å². The van der Waals surface area contributed by atoms with Crippen molar-refractivity contribution in [1.82, 2.24) is 9.78 Å². The maximum atomic E-state index is 12.6. The summed E-state index contributed by atoms with van der Waals surface area (Å²) >= 11 is 4.88. The first-order valence-electron chi connectivity index (χ1n) is 6.00. The van der Waals surface area contributed by atoms with Gasteiger partial charge in [0.1, 0.15) is 5.69 Å². The Bertz CT molecular complexity index is 577. The number of ketones is 1. The first-order chi connectivity index (χ1) is 9.19. The number of halogens is 1. The average Bonchev–Trinajstić information content (AvgIpc) is 3.02. The summed E-state index contributed by atoms with van der Waals surface area (Å²) in [5.41, 5.74) is 1.68. The molecule has 4 nitrogen and oxygen atoms in total. The summed E-state index contributed by atoms with van der Waals surface area (Å²) in [7, 11) is 1.63. The first kappa shape index (κ1) is 14.4. The highest BCUT2D eigenvalue weighted by molar-refractivity contribution is 9.10. The average molecular weight is 343 g/mol. The van der Waals surface area contributed by atoms with Gasteiger partial charge in [0.05, 0.1) is 28.7 Å². The van der Waals surface area contributed by atoms with Crippen molar-refractivity contribution in [3.05, 3.63) is 38.3 Å². The number of methoxy groups -OCH3 is 1. The van der Waals surface area contributed by atoms with E-state index in [9.17, 15) is 4.79 Å². The number of hydrogen-bond acceptors (Lipinski definition) is 4. The quantitative estimate of drug-likeness (QED) is 0.757. The highest BCUT2D eigenvalue weighted by atomic mass is 79.9. The van der Waals surface area contributed by atoms with Crippen LogP contribution >= 0.6 is 27.3 Å². The second-order valence-corrected chi connectivity index (χ2v) is 5.79. The molecule has 0 aliphatic carbocycles. The van der Waals surface area contributed by atoms with Crippen LogP contribution in [0.2, 0.25) is 0 Å². The van der Waals surface area contributed by atoms with E-state index in [0.29, 0.717) is 18.8 Å². The van der Waals surface area contributed by atoms with Crippen LogP contribution < -0.4 is 0 Å². The molecular formula is C13H15BrN2O2S. The summed E-state index contributed by atoms with van der Waals surface area (Å²) in [5.74, 6) is 0.0207. The van der Waals surface area contributed by atoms with E-state index in [-0.39, 0.29) is 5.78 Å². The Morgan fingerprint density at radius 1 is 1.58 bits per heavy atom. The van der Waals surface area contributed by atoms with Gasteiger partial charge in [0.25, 0.3) is 0 Å². The Hall–Kier alpha value is -0.980. The van der Waals surface area contributed by atoms with Crippen molar-refractivity contribution in [2.45, 2.75) is 19.9 Å². The summed E-state index contributed by atoms with van der Waals surface area (Å²) < 4.78 is 7.46.